The Morgan fingerprint density at radius 2 is 2.09 bits per heavy atom. The maximum atomic E-state index is 12.5. The first-order valence-electron chi connectivity index (χ1n) is 7.22. The van der Waals surface area contributed by atoms with Gasteiger partial charge in [-0.05, 0) is 25.9 Å². The third kappa shape index (κ3) is 4.67. The third-order valence-corrected chi connectivity index (χ3v) is 4.70. The summed E-state index contributed by atoms with van der Waals surface area (Å²) >= 11 is 1.53. The summed E-state index contributed by atoms with van der Waals surface area (Å²) in [4.78, 5) is 18.9. The minimum absolute atomic E-state index is 0. The highest BCUT2D eigenvalue weighted by Crippen LogP contribution is 2.25. The lowest BCUT2D eigenvalue weighted by Crippen LogP contribution is -2.30. The van der Waals surface area contributed by atoms with Crippen molar-refractivity contribution in [1.82, 2.24) is 15.2 Å². The number of likely N-dealkylation sites (tertiary alicyclic amines) is 1. The molecule has 0 saturated carbocycles. The number of benzene rings is 1. The summed E-state index contributed by atoms with van der Waals surface area (Å²) in [6.07, 6.45) is 1.07. The van der Waals surface area contributed by atoms with Crippen molar-refractivity contribution < 1.29 is 4.79 Å². The van der Waals surface area contributed by atoms with Crippen molar-refractivity contribution in [3.8, 4) is 10.6 Å². The fourth-order valence-electron chi connectivity index (χ4n) is 2.72. The van der Waals surface area contributed by atoms with Gasteiger partial charge in [-0.15, -0.1) is 36.2 Å². The van der Waals surface area contributed by atoms with Crippen LogP contribution < -0.4 is 5.32 Å². The van der Waals surface area contributed by atoms with Gasteiger partial charge < -0.3 is 10.2 Å². The molecule has 7 heteroatoms. The molecule has 126 valence electrons. The van der Waals surface area contributed by atoms with Gasteiger partial charge in [-0.3, -0.25) is 4.79 Å². The molecule has 1 atom stereocenters. The monoisotopic (exact) mass is 373 g/mol. The second-order valence-electron chi connectivity index (χ2n) is 5.37. The van der Waals surface area contributed by atoms with Crippen molar-refractivity contribution in [1.29, 1.82) is 0 Å². The molecule has 1 unspecified atom stereocenters. The number of rotatable bonds is 4. The second kappa shape index (κ2) is 9.23. The zero-order chi connectivity index (χ0) is 14.7. The zero-order valence-electron chi connectivity index (χ0n) is 12.9. The van der Waals surface area contributed by atoms with E-state index in [1.54, 1.807) is 0 Å². The quantitative estimate of drug-likeness (QED) is 0.893. The molecule has 1 N–H and O–H groups in total. The third-order valence-electron chi connectivity index (χ3n) is 3.81. The molecule has 0 aliphatic carbocycles. The number of carbonyl (C=O) groups excluding carboxylic acids is 1. The minimum Gasteiger partial charge on any atom is -0.337 e. The number of aromatic nitrogens is 1. The smallest absolute Gasteiger partial charge is 0.273 e. The molecule has 0 bridgehead atoms. The average molecular weight is 374 g/mol. The van der Waals surface area contributed by atoms with Crippen LogP contribution in [0.25, 0.3) is 10.6 Å². The highest BCUT2D eigenvalue weighted by atomic mass is 35.5. The summed E-state index contributed by atoms with van der Waals surface area (Å²) in [5, 5.41) is 5.96. The van der Waals surface area contributed by atoms with Crippen LogP contribution in [0.5, 0.6) is 0 Å². The van der Waals surface area contributed by atoms with E-state index in [0.29, 0.717) is 11.6 Å². The Bertz CT molecular complexity index is 621. The molecule has 1 aromatic carbocycles. The number of hydrogen-bond donors (Lipinski definition) is 1. The van der Waals surface area contributed by atoms with E-state index in [2.05, 4.69) is 10.3 Å². The van der Waals surface area contributed by atoms with E-state index in [4.69, 9.17) is 0 Å². The van der Waals surface area contributed by atoms with Gasteiger partial charge in [-0.1, -0.05) is 30.3 Å². The number of halogens is 2. The lowest BCUT2D eigenvalue weighted by Gasteiger charge is -2.15. The Morgan fingerprint density at radius 1 is 1.35 bits per heavy atom. The standard InChI is InChI=1S/C16H19N3OS.2ClH/c1-17-9-12-7-8-19(10-12)16(20)14-11-21-15(18-14)13-5-3-2-4-6-13;;/h2-6,11-12,17H,7-10H2,1H3;2*1H. The number of hydrogen-bond acceptors (Lipinski definition) is 4. The van der Waals surface area contributed by atoms with Crippen LogP contribution in [0.1, 0.15) is 16.9 Å². The largest absolute Gasteiger partial charge is 0.337 e. The van der Waals surface area contributed by atoms with Crippen LogP contribution >= 0.6 is 36.2 Å². The van der Waals surface area contributed by atoms with Crippen LogP contribution in [0.2, 0.25) is 0 Å². The number of thiazole rings is 1. The molecule has 2 heterocycles. The summed E-state index contributed by atoms with van der Waals surface area (Å²) in [5.41, 5.74) is 1.64. The second-order valence-corrected chi connectivity index (χ2v) is 6.23. The van der Waals surface area contributed by atoms with Gasteiger partial charge in [0.15, 0.2) is 0 Å². The first kappa shape index (κ1) is 19.9. The summed E-state index contributed by atoms with van der Waals surface area (Å²) < 4.78 is 0. The van der Waals surface area contributed by atoms with Crippen molar-refractivity contribution in [2.24, 2.45) is 5.92 Å². The molecule has 2 aromatic rings. The lowest BCUT2D eigenvalue weighted by molar-refractivity contribution is 0.0782. The molecule has 23 heavy (non-hydrogen) atoms. The fourth-order valence-corrected chi connectivity index (χ4v) is 3.52. The molecule has 1 fully saturated rings. The van der Waals surface area contributed by atoms with E-state index in [9.17, 15) is 4.79 Å². The molecule has 4 nitrogen and oxygen atoms in total. The topological polar surface area (TPSA) is 45.2 Å². The molecular weight excluding hydrogens is 353 g/mol. The van der Waals surface area contributed by atoms with Crippen LogP contribution in [0.15, 0.2) is 35.7 Å². The molecule has 1 aromatic heterocycles. The number of nitrogens with one attached hydrogen (secondary N) is 1. The van der Waals surface area contributed by atoms with E-state index in [0.717, 1.165) is 36.6 Å². The summed E-state index contributed by atoms with van der Waals surface area (Å²) in [6.45, 7) is 2.64. The Balaban J connectivity index is 0.00000132. The van der Waals surface area contributed by atoms with Crippen LogP contribution in [-0.2, 0) is 0 Å². The molecule has 1 aliphatic rings. The Labute approximate surface area is 153 Å². The van der Waals surface area contributed by atoms with E-state index < -0.39 is 0 Å². The number of amides is 1. The van der Waals surface area contributed by atoms with E-state index in [-0.39, 0.29) is 30.7 Å². The predicted molar refractivity (Wildman–Crippen MR) is 100.0 cm³/mol. The molecular formula is C16H21Cl2N3OS. The Morgan fingerprint density at radius 3 is 2.78 bits per heavy atom. The number of carbonyl (C=O) groups is 1. The zero-order valence-corrected chi connectivity index (χ0v) is 15.3. The first-order chi connectivity index (χ1) is 10.3. The molecule has 0 radical (unpaired) electrons. The van der Waals surface area contributed by atoms with Crippen LogP contribution in [0.3, 0.4) is 0 Å². The van der Waals surface area contributed by atoms with Gasteiger partial charge in [-0.25, -0.2) is 4.98 Å². The average Bonchev–Trinajstić information content (AvgIpc) is 3.17. The highest BCUT2D eigenvalue weighted by Gasteiger charge is 2.27. The highest BCUT2D eigenvalue weighted by molar-refractivity contribution is 7.13. The van der Waals surface area contributed by atoms with Crippen molar-refractivity contribution >= 4 is 42.1 Å². The number of nitrogens with zero attached hydrogens (tertiary/aromatic N) is 2. The maximum Gasteiger partial charge on any atom is 0.273 e. The van der Waals surface area contributed by atoms with Gasteiger partial charge in [0.05, 0.1) is 0 Å². The predicted octanol–water partition coefficient (Wildman–Crippen LogP) is 3.34. The van der Waals surface area contributed by atoms with Crippen molar-refractivity contribution in [2.75, 3.05) is 26.7 Å². The van der Waals surface area contributed by atoms with Crippen LogP contribution in [0.4, 0.5) is 0 Å². The Hall–Kier alpha value is -1.14. The van der Waals surface area contributed by atoms with Gasteiger partial charge in [0, 0.05) is 24.0 Å². The Kier molecular flexibility index (Phi) is 7.99. The van der Waals surface area contributed by atoms with Crippen LogP contribution in [0, 0.1) is 5.92 Å². The minimum atomic E-state index is 0. The lowest BCUT2D eigenvalue weighted by atomic mass is 10.1. The van der Waals surface area contributed by atoms with E-state index in [1.807, 2.05) is 47.7 Å². The SMILES string of the molecule is CNCC1CCN(C(=O)c2csc(-c3ccccc3)n2)C1.Cl.Cl. The fraction of sp³-hybridized carbons (Fsp3) is 0.375. The normalized spacial score (nSPS) is 16.6. The van der Waals surface area contributed by atoms with Crippen molar-refractivity contribution in [3.63, 3.8) is 0 Å². The molecule has 0 spiro atoms. The van der Waals surface area contributed by atoms with Gasteiger partial charge in [0.1, 0.15) is 10.7 Å². The molecule has 3 rings (SSSR count). The molecule has 1 aliphatic heterocycles. The van der Waals surface area contributed by atoms with Crippen LogP contribution in [-0.4, -0.2) is 42.5 Å². The van der Waals surface area contributed by atoms with Gasteiger partial charge >= 0.3 is 0 Å². The summed E-state index contributed by atoms with van der Waals surface area (Å²) in [6, 6.07) is 10.00. The van der Waals surface area contributed by atoms with Gasteiger partial charge in [0.25, 0.3) is 5.91 Å². The summed E-state index contributed by atoms with van der Waals surface area (Å²) in [5.74, 6) is 0.623. The van der Waals surface area contributed by atoms with Gasteiger partial charge in [-0.2, -0.15) is 0 Å². The molecule has 1 amide bonds. The van der Waals surface area contributed by atoms with Crippen molar-refractivity contribution in [2.45, 2.75) is 6.42 Å². The van der Waals surface area contributed by atoms with E-state index >= 15 is 0 Å². The van der Waals surface area contributed by atoms with Crippen molar-refractivity contribution in [3.05, 3.63) is 41.4 Å². The maximum absolute atomic E-state index is 12.5. The van der Waals surface area contributed by atoms with E-state index in [1.165, 1.54) is 11.3 Å². The summed E-state index contributed by atoms with van der Waals surface area (Å²) in [7, 11) is 1.96. The first-order valence-corrected chi connectivity index (χ1v) is 8.10. The van der Waals surface area contributed by atoms with Gasteiger partial charge in [0.2, 0.25) is 0 Å². The molecule has 1 saturated heterocycles.